The molecule has 5 heteroatoms. The minimum atomic E-state index is -1.68. The standard InChI is InChI=1S/C28H49BO3Si/c1-17-22-13-20(27(22,4)5)15-24(17)31-29(12-11-26(19(3)30)33(8,9)10)32-25-16-21-14-23(18(25)2)28(21,6)7/h12,17-25,30H,13-16H2,1-10H3/t11?,17-,18-,19-,20+,21+,22-,23-,24-,25-/m1/s1. The molecular weight excluding hydrogens is 423 g/mol. The van der Waals surface area contributed by atoms with Crippen molar-refractivity contribution in [2.45, 2.75) is 112 Å². The maximum Gasteiger partial charge on any atom is 0.494 e. The van der Waals surface area contributed by atoms with Gasteiger partial charge >= 0.3 is 7.12 Å². The Morgan fingerprint density at radius 1 is 0.909 bits per heavy atom. The van der Waals surface area contributed by atoms with Crippen molar-refractivity contribution < 1.29 is 14.4 Å². The second-order valence-corrected chi connectivity index (χ2v) is 19.3. The van der Waals surface area contributed by atoms with Crippen molar-refractivity contribution in [3.8, 4) is 0 Å². The highest BCUT2D eigenvalue weighted by molar-refractivity contribution is 6.83. The molecule has 1 N–H and O–H groups in total. The summed E-state index contributed by atoms with van der Waals surface area (Å²) in [5.41, 5.74) is 4.40. The summed E-state index contributed by atoms with van der Waals surface area (Å²) in [5, 5.41) is 11.5. The van der Waals surface area contributed by atoms with Crippen molar-refractivity contribution in [1.82, 2.24) is 0 Å². The fraction of sp³-hybridized carbons (Fsp3) is 0.893. The molecule has 6 fully saturated rings. The Hall–Kier alpha value is -0.318. The van der Waals surface area contributed by atoms with E-state index in [0.717, 1.165) is 41.7 Å². The Kier molecular flexibility index (Phi) is 6.76. The fourth-order valence-corrected chi connectivity index (χ4v) is 9.91. The van der Waals surface area contributed by atoms with Crippen LogP contribution >= 0.6 is 0 Å². The van der Waals surface area contributed by atoms with Crippen molar-refractivity contribution >= 4 is 15.2 Å². The predicted molar refractivity (Wildman–Crippen MR) is 140 cm³/mol. The van der Waals surface area contributed by atoms with E-state index >= 15 is 0 Å². The van der Waals surface area contributed by atoms with Crippen LogP contribution in [0.1, 0.15) is 74.1 Å². The van der Waals surface area contributed by atoms with Gasteiger partial charge in [0, 0.05) is 12.2 Å². The van der Waals surface area contributed by atoms with Gasteiger partial charge in [-0.15, -0.1) is 5.73 Å². The molecule has 6 rings (SSSR count). The van der Waals surface area contributed by atoms with Gasteiger partial charge < -0.3 is 14.4 Å². The lowest BCUT2D eigenvalue weighted by Gasteiger charge is -2.62. The molecule has 0 aliphatic heterocycles. The van der Waals surface area contributed by atoms with Gasteiger partial charge in [0.05, 0.1) is 14.2 Å². The SMILES string of the molecule is C[C@@H]1[C@H]2C[C@@H](C[C@H]1OB(C=C=C([C@@H](C)O)[Si](C)(C)C)O[C@@H]1C[C@@H]3C[C@H]([C@H]1C)C3(C)C)C2(C)C. The first-order chi connectivity index (χ1) is 15.1. The molecule has 0 aromatic rings. The Balaban J connectivity index is 1.55. The van der Waals surface area contributed by atoms with E-state index in [1.807, 2.05) is 12.9 Å². The maximum absolute atomic E-state index is 10.4. The molecule has 0 heterocycles. The van der Waals surface area contributed by atoms with E-state index < -0.39 is 14.2 Å². The van der Waals surface area contributed by atoms with E-state index in [-0.39, 0.29) is 19.3 Å². The summed E-state index contributed by atoms with van der Waals surface area (Å²) < 4.78 is 13.5. The van der Waals surface area contributed by atoms with E-state index in [9.17, 15) is 5.11 Å². The molecule has 6 aliphatic carbocycles. The topological polar surface area (TPSA) is 38.7 Å². The van der Waals surface area contributed by atoms with Crippen LogP contribution < -0.4 is 0 Å². The molecule has 4 bridgehead atoms. The van der Waals surface area contributed by atoms with Crippen molar-refractivity contribution in [3.05, 3.63) is 16.9 Å². The van der Waals surface area contributed by atoms with Gasteiger partial charge in [-0.05, 0) is 90.1 Å². The van der Waals surface area contributed by atoms with Crippen molar-refractivity contribution in [3.63, 3.8) is 0 Å². The summed E-state index contributed by atoms with van der Waals surface area (Å²) in [7, 11) is -2.06. The third-order valence-electron chi connectivity index (χ3n) is 10.8. The normalized spacial score (nSPS) is 41.2. The summed E-state index contributed by atoms with van der Waals surface area (Å²) >= 11 is 0. The lowest BCUT2D eigenvalue weighted by atomic mass is 9.45. The van der Waals surface area contributed by atoms with Crippen molar-refractivity contribution in [2.75, 3.05) is 0 Å². The quantitative estimate of drug-likeness (QED) is 0.338. The minimum Gasteiger partial charge on any atom is -0.404 e. The van der Waals surface area contributed by atoms with Crippen LogP contribution in [0.5, 0.6) is 0 Å². The van der Waals surface area contributed by atoms with Crippen LogP contribution in [0.25, 0.3) is 0 Å². The fourth-order valence-electron chi connectivity index (χ4n) is 8.14. The third-order valence-corrected chi connectivity index (χ3v) is 13.0. The third kappa shape index (κ3) is 4.51. The highest BCUT2D eigenvalue weighted by atomic mass is 28.3. The van der Waals surface area contributed by atoms with Gasteiger partial charge in [0.15, 0.2) is 0 Å². The molecular formula is C28H49BO3Si. The lowest BCUT2D eigenvalue weighted by Crippen LogP contribution is -2.59. The zero-order valence-corrected chi connectivity index (χ0v) is 23.9. The smallest absolute Gasteiger partial charge is 0.404 e. The van der Waals surface area contributed by atoms with Crippen LogP contribution in [0.4, 0.5) is 0 Å². The maximum atomic E-state index is 10.4. The largest absolute Gasteiger partial charge is 0.494 e. The molecule has 0 aromatic heterocycles. The van der Waals surface area contributed by atoms with Gasteiger partial charge in [0.25, 0.3) is 0 Å². The predicted octanol–water partition coefficient (Wildman–Crippen LogP) is 6.53. The highest BCUT2D eigenvalue weighted by Crippen LogP contribution is 2.63. The van der Waals surface area contributed by atoms with Crippen LogP contribution in [0.3, 0.4) is 0 Å². The van der Waals surface area contributed by atoms with E-state index in [1.165, 1.54) is 12.8 Å². The van der Waals surface area contributed by atoms with E-state index in [0.29, 0.717) is 22.7 Å². The summed E-state index contributed by atoms with van der Waals surface area (Å²) in [4.78, 5) is 0. The molecule has 0 unspecified atom stereocenters. The molecule has 3 nitrogen and oxygen atoms in total. The molecule has 0 aromatic carbocycles. The molecule has 6 saturated carbocycles. The molecule has 0 saturated heterocycles. The Morgan fingerprint density at radius 2 is 1.33 bits per heavy atom. The molecule has 33 heavy (non-hydrogen) atoms. The molecule has 6 aliphatic rings. The Bertz CT molecular complexity index is 762. The lowest BCUT2D eigenvalue weighted by molar-refractivity contribution is -0.165. The average Bonchev–Trinajstić information content (AvgIpc) is 2.68. The minimum absolute atomic E-state index is 0.247. The molecule has 0 spiro atoms. The molecule has 0 radical (unpaired) electrons. The van der Waals surface area contributed by atoms with Gasteiger partial charge in [-0.2, -0.15) is 0 Å². The highest BCUT2D eigenvalue weighted by Gasteiger charge is 2.58. The zero-order valence-electron chi connectivity index (χ0n) is 22.9. The van der Waals surface area contributed by atoms with Crippen LogP contribution in [0.15, 0.2) is 16.9 Å². The first-order valence-electron chi connectivity index (χ1n) is 13.6. The van der Waals surface area contributed by atoms with Crippen molar-refractivity contribution in [2.24, 2.45) is 46.3 Å². The first kappa shape index (κ1) is 25.8. The van der Waals surface area contributed by atoms with E-state index in [4.69, 9.17) is 9.31 Å². The summed E-state index contributed by atoms with van der Waals surface area (Å²) in [6, 6.07) is 0. The number of rotatable bonds is 7. The van der Waals surface area contributed by atoms with Crippen molar-refractivity contribution in [1.29, 1.82) is 0 Å². The Labute approximate surface area is 204 Å². The number of hydrogen-bond acceptors (Lipinski definition) is 3. The van der Waals surface area contributed by atoms with E-state index in [1.54, 1.807) is 0 Å². The van der Waals surface area contributed by atoms with Crippen LogP contribution in [0, 0.1) is 46.3 Å². The van der Waals surface area contributed by atoms with E-state index in [2.05, 4.69) is 66.9 Å². The van der Waals surface area contributed by atoms with Gasteiger partial charge in [-0.3, -0.25) is 0 Å². The number of hydrogen-bond donors (Lipinski definition) is 1. The number of aliphatic hydroxyl groups excluding tert-OH is 1. The van der Waals surface area contributed by atoms with Crippen LogP contribution in [0.2, 0.25) is 19.6 Å². The second-order valence-electron chi connectivity index (χ2n) is 14.3. The Morgan fingerprint density at radius 3 is 1.64 bits per heavy atom. The van der Waals surface area contributed by atoms with Crippen LogP contribution in [-0.4, -0.2) is 38.6 Å². The monoisotopic (exact) mass is 472 g/mol. The number of aliphatic hydroxyl groups is 1. The van der Waals surface area contributed by atoms with Gasteiger partial charge in [-0.25, -0.2) is 0 Å². The first-order valence-corrected chi connectivity index (χ1v) is 17.1. The van der Waals surface area contributed by atoms with Gasteiger partial charge in [0.2, 0.25) is 0 Å². The second kappa shape index (κ2) is 8.66. The van der Waals surface area contributed by atoms with Gasteiger partial charge in [0.1, 0.15) is 0 Å². The summed E-state index contributed by atoms with van der Waals surface area (Å²) in [6.45, 7) is 23.2. The summed E-state index contributed by atoms with van der Waals surface area (Å²) in [5.74, 6) is 6.14. The molecule has 186 valence electrons. The molecule has 9 atom stereocenters. The number of fused-ring (bicyclic) bond motifs is 4. The van der Waals surface area contributed by atoms with Gasteiger partial charge in [-0.1, -0.05) is 61.2 Å². The average molecular weight is 473 g/mol. The summed E-state index contributed by atoms with van der Waals surface area (Å²) in [6.07, 6.45) is 5.01. The molecule has 0 amide bonds. The zero-order chi connectivity index (χ0) is 24.5. The van der Waals surface area contributed by atoms with Crippen LogP contribution in [-0.2, 0) is 9.31 Å².